The Labute approximate surface area is 139 Å². The molecule has 1 amide bonds. The van der Waals surface area contributed by atoms with Crippen LogP contribution in [0.15, 0.2) is 18.2 Å². The number of halogens is 1. The normalized spacial score (nSPS) is 29.7. The van der Waals surface area contributed by atoms with Crippen LogP contribution in [-0.2, 0) is 16.0 Å². The summed E-state index contributed by atoms with van der Waals surface area (Å²) in [5.41, 5.74) is 6.11. The first-order valence-corrected chi connectivity index (χ1v) is 8.11. The van der Waals surface area contributed by atoms with Gasteiger partial charge in [-0.2, -0.15) is 0 Å². The topological polar surface area (TPSA) is 87.7 Å². The average Bonchev–Trinajstić information content (AvgIpc) is 2.58. The van der Waals surface area contributed by atoms with E-state index in [0.717, 1.165) is 19.3 Å². The van der Waals surface area contributed by atoms with Crippen molar-refractivity contribution in [2.75, 3.05) is 7.11 Å². The Balaban J connectivity index is 1.84. The summed E-state index contributed by atoms with van der Waals surface area (Å²) >= 11 is 0. The predicted octanol–water partition coefficient (Wildman–Crippen LogP) is 1.50. The summed E-state index contributed by atoms with van der Waals surface area (Å²) in [6, 6.07) is 4.02. The monoisotopic (exact) mass is 336 g/mol. The lowest BCUT2D eigenvalue weighted by atomic mass is 9.70. The summed E-state index contributed by atoms with van der Waals surface area (Å²) in [6.45, 7) is 0. The number of nitrogens with one attached hydrogen (secondary N) is 2. The Morgan fingerprint density at radius 2 is 2.21 bits per heavy atom. The largest absolute Gasteiger partial charge is 0.478 e. The van der Waals surface area contributed by atoms with Crippen LogP contribution in [0.4, 0.5) is 4.39 Å². The summed E-state index contributed by atoms with van der Waals surface area (Å²) < 4.78 is 19.1. The highest BCUT2D eigenvalue weighted by Gasteiger charge is 2.45. The van der Waals surface area contributed by atoms with Crippen molar-refractivity contribution in [3.63, 3.8) is 0 Å². The van der Waals surface area contributed by atoms with Gasteiger partial charge in [-0.1, -0.05) is 12.5 Å². The molecule has 1 aromatic rings. The van der Waals surface area contributed by atoms with E-state index in [1.54, 1.807) is 13.2 Å². The van der Waals surface area contributed by atoms with Crippen molar-refractivity contribution in [2.24, 2.45) is 11.8 Å². The van der Waals surface area contributed by atoms with E-state index in [-0.39, 0.29) is 35.5 Å². The number of hydrazine groups is 1. The minimum atomic E-state index is -1.29. The fraction of sp³-hybridized carbons (Fsp3) is 0.529. The minimum Gasteiger partial charge on any atom is -0.478 e. The minimum absolute atomic E-state index is 0.0100. The zero-order valence-corrected chi connectivity index (χ0v) is 13.4. The van der Waals surface area contributed by atoms with Crippen molar-refractivity contribution in [3.05, 3.63) is 35.1 Å². The van der Waals surface area contributed by atoms with E-state index in [4.69, 9.17) is 9.84 Å². The maximum Gasteiger partial charge on any atom is 0.338 e. The lowest BCUT2D eigenvalue weighted by Gasteiger charge is -2.45. The van der Waals surface area contributed by atoms with Gasteiger partial charge in [0, 0.05) is 25.0 Å². The fourth-order valence-electron chi connectivity index (χ4n) is 3.96. The molecule has 2 aliphatic rings. The van der Waals surface area contributed by atoms with Crippen molar-refractivity contribution in [1.82, 2.24) is 10.9 Å². The third-order valence-corrected chi connectivity index (χ3v) is 5.10. The molecular formula is C17H21FN2O4. The lowest BCUT2D eigenvalue weighted by molar-refractivity contribution is -0.139. The maximum atomic E-state index is 13.6. The highest BCUT2D eigenvalue weighted by Crippen LogP contribution is 2.37. The second-order valence-corrected chi connectivity index (χ2v) is 6.45. The van der Waals surface area contributed by atoms with E-state index in [2.05, 4.69) is 10.9 Å². The van der Waals surface area contributed by atoms with Crippen LogP contribution < -0.4 is 10.9 Å². The number of carboxylic acids is 1. The quantitative estimate of drug-likeness (QED) is 0.776. The van der Waals surface area contributed by atoms with Gasteiger partial charge in [0.2, 0.25) is 5.91 Å². The molecule has 130 valence electrons. The van der Waals surface area contributed by atoms with Crippen molar-refractivity contribution < 1.29 is 23.8 Å². The Morgan fingerprint density at radius 3 is 2.92 bits per heavy atom. The van der Waals surface area contributed by atoms with E-state index in [9.17, 15) is 14.0 Å². The molecule has 7 heteroatoms. The Kier molecular flexibility index (Phi) is 4.82. The summed E-state index contributed by atoms with van der Waals surface area (Å²) in [5.74, 6) is -2.17. The fourth-order valence-corrected chi connectivity index (χ4v) is 3.96. The van der Waals surface area contributed by atoms with Crippen LogP contribution in [0, 0.1) is 17.7 Å². The highest BCUT2D eigenvalue weighted by atomic mass is 19.1. The van der Waals surface area contributed by atoms with E-state index >= 15 is 0 Å². The van der Waals surface area contributed by atoms with Crippen molar-refractivity contribution in [1.29, 1.82) is 0 Å². The van der Waals surface area contributed by atoms with Gasteiger partial charge in [0.05, 0.1) is 11.7 Å². The number of carbonyl (C=O) groups is 2. The number of carbonyl (C=O) groups excluding carboxylic acids is 1. The number of carboxylic acid groups (broad SMARTS) is 1. The molecule has 1 aliphatic heterocycles. The van der Waals surface area contributed by atoms with Crippen LogP contribution in [0.25, 0.3) is 0 Å². The van der Waals surface area contributed by atoms with Crippen LogP contribution in [0.1, 0.15) is 35.2 Å². The van der Waals surface area contributed by atoms with Gasteiger partial charge in [-0.15, -0.1) is 0 Å². The van der Waals surface area contributed by atoms with E-state index in [0.29, 0.717) is 12.0 Å². The number of rotatable bonds is 4. The van der Waals surface area contributed by atoms with Gasteiger partial charge in [-0.3, -0.25) is 10.2 Å². The molecule has 0 spiro atoms. The standard InChI is InChI=1S/C17H21FN2O4/c1-24-14-4-2-3-10-15(14)13(19-20-16(10)21)8-9-5-6-12(18)11(7-9)17(22)23/h5-7,10,13-15,19H,2-4,8H2,1H3,(H,20,21)(H,22,23). The zero-order valence-electron chi connectivity index (χ0n) is 13.4. The number of ether oxygens (including phenoxy) is 1. The Hall–Kier alpha value is -1.99. The van der Waals surface area contributed by atoms with Crippen LogP contribution in [-0.4, -0.2) is 36.2 Å². The van der Waals surface area contributed by atoms with Crippen LogP contribution >= 0.6 is 0 Å². The molecule has 0 radical (unpaired) electrons. The van der Waals surface area contributed by atoms with Crippen molar-refractivity contribution in [2.45, 2.75) is 37.8 Å². The zero-order chi connectivity index (χ0) is 17.3. The van der Waals surface area contributed by atoms with E-state index in [1.807, 2.05) is 0 Å². The number of fused-ring (bicyclic) bond motifs is 1. The molecular weight excluding hydrogens is 315 g/mol. The van der Waals surface area contributed by atoms with Gasteiger partial charge in [-0.25, -0.2) is 14.6 Å². The van der Waals surface area contributed by atoms with Gasteiger partial charge >= 0.3 is 5.97 Å². The van der Waals surface area contributed by atoms with Crippen LogP contribution in [0.3, 0.4) is 0 Å². The second kappa shape index (κ2) is 6.86. The SMILES string of the molecule is COC1CCCC2C(=O)NNC(Cc3ccc(F)c(C(=O)O)c3)C12. The molecule has 4 unspecified atom stereocenters. The van der Waals surface area contributed by atoms with Crippen LogP contribution in [0.2, 0.25) is 0 Å². The van der Waals surface area contributed by atoms with E-state index in [1.165, 1.54) is 12.1 Å². The van der Waals surface area contributed by atoms with Gasteiger partial charge in [-0.05, 0) is 37.0 Å². The lowest BCUT2D eigenvalue weighted by Crippen LogP contribution is -2.63. The first kappa shape index (κ1) is 16.9. The van der Waals surface area contributed by atoms with Crippen molar-refractivity contribution >= 4 is 11.9 Å². The van der Waals surface area contributed by atoms with Crippen LogP contribution in [0.5, 0.6) is 0 Å². The molecule has 3 N–H and O–H groups in total. The third-order valence-electron chi connectivity index (χ3n) is 5.10. The number of hydrogen-bond donors (Lipinski definition) is 3. The molecule has 6 nitrogen and oxygen atoms in total. The molecule has 1 saturated carbocycles. The highest BCUT2D eigenvalue weighted by molar-refractivity contribution is 5.88. The first-order valence-electron chi connectivity index (χ1n) is 8.11. The number of methoxy groups -OCH3 is 1. The molecule has 1 saturated heterocycles. The number of benzene rings is 1. The number of hydrogen-bond acceptors (Lipinski definition) is 4. The number of aromatic carboxylic acids is 1. The molecule has 0 aromatic heterocycles. The Morgan fingerprint density at radius 1 is 1.42 bits per heavy atom. The first-order chi connectivity index (χ1) is 11.5. The summed E-state index contributed by atoms with van der Waals surface area (Å²) in [6.07, 6.45) is 3.12. The summed E-state index contributed by atoms with van der Waals surface area (Å²) in [5, 5.41) is 9.07. The molecule has 1 aliphatic carbocycles. The number of amides is 1. The van der Waals surface area contributed by atoms with E-state index < -0.39 is 11.8 Å². The maximum absolute atomic E-state index is 13.6. The molecule has 1 aromatic carbocycles. The van der Waals surface area contributed by atoms with Gasteiger partial charge in [0.1, 0.15) is 5.82 Å². The van der Waals surface area contributed by atoms with Gasteiger partial charge in [0.15, 0.2) is 0 Å². The average molecular weight is 336 g/mol. The smallest absolute Gasteiger partial charge is 0.338 e. The third kappa shape index (κ3) is 3.14. The molecule has 1 heterocycles. The second-order valence-electron chi connectivity index (χ2n) is 6.45. The Bertz CT molecular complexity index is 651. The van der Waals surface area contributed by atoms with Gasteiger partial charge < -0.3 is 9.84 Å². The molecule has 0 bridgehead atoms. The summed E-state index contributed by atoms with van der Waals surface area (Å²) in [7, 11) is 1.65. The van der Waals surface area contributed by atoms with Crippen molar-refractivity contribution in [3.8, 4) is 0 Å². The van der Waals surface area contributed by atoms with Gasteiger partial charge in [0.25, 0.3) is 0 Å². The molecule has 2 fully saturated rings. The summed E-state index contributed by atoms with van der Waals surface area (Å²) in [4.78, 5) is 23.2. The molecule has 3 rings (SSSR count). The predicted molar refractivity (Wildman–Crippen MR) is 83.8 cm³/mol. The molecule has 24 heavy (non-hydrogen) atoms. The molecule has 4 atom stereocenters.